The van der Waals surface area contributed by atoms with Crippen LogP contribution in [0.25, 0.3) is 0 Å². The molecule has 2 rings (SSSR count). The van der Waals surface area contributed by atoms with E-state index in [9.17, 15) is 9.59 Å². The lowest BCUT2D eigenvalue weighted by atomic mass is 9.98. The zero-order valence-electron chi connectivity index (χ0n) is 12.9. The van der Waals surface area contributed by atoms with Gasteiger partial charge in [-0.15, -0.1) is 0 Å². The Morgan fingerprint density at radius 1 is 1.29 bits per heavy atom. The van der Waals surface area contributed by atoms with Crippen molar-refractivity contribution in [3.63, 3.8) is 0 Å². The maximum absolute atomic E-state index is 12.2. The van der Waals surface area contributed by atoms with Gasteiger partial charge in [0.05, 0.1) is 5.56 Å². The van der Waals surface area contributed by atoms with Gasteiger partial charge >= 0.3 is 5.97 Å². The Morgan fingerprint density at radius 3 is 2.71 bits per heavy atom. The van der Waals surface area contributed by atoms with E-state index in [1.165, 1.54) is 0 Å². The Morgan fingerprint density at radius 2 is 2.00 bits per heavy atom. The van der Waals surface area contributed by atoms with E-state index < -0.39 is 12.1 Å². The van der Waals surface area contributed by atoms with Crippen molar-refractivity contribution in [3.05, 3.63) is 35.4 Å². The highest BCUT2D eigenvalue weighted by Crippen LogP contribution is 2.20. The van der Waals surface area contributed by atoms with Gasteiger partial charge in [-0.3, -0.25) is 4.79 Å². The van der Waals surface area contributed by atoms with Crippen LogP contribution in [0.4, 0.5) is 0 Å². The van der Waals surface area contributed by atoms with Crippen molar-refractivity contribution in [3.8, 4) is 0 Å². The summed E-state index contributed by atoms with van der Waals surface area (Å²) in [5, 5.41) is 2.94. The molecule has 1 aliphatic heterocycles. The molecule has 0 spiro atoms. The Hall–Kier alpha value is -1.84. The fourth-order valence-corrected chi connectivity index (χ4v) is 2.47. The van der Waals surface area contributed by atoms with Crippen LogP contribution in [0.2, 0.25) is 0 Å². The number of amides is 1. The van der Waals surface area contributed by atoms with Crippen LogP contribution in [0, 0.1) is 5.92 Å². The molecule has 2 atom stereocenters. The van der Waals surface area contributed by atoms with Crippen LogP contribution >= 0.6 is 0 Å². The van der Waals surface area contributed by atoms with Gasteiger partial charge in [0.15, 0.2) is 6.10 Å². The summed E-state index contributed by atoms with van der Waals surface area (Å²) in [4.78, 5) is 24.1. The lowest BCUT2D eigenvalue weighted by molar-refractivity contribution is -0.131. The predicted octanol–water partition coefficient (Wildman–Crippen LogP) is 2.71. The zero-order valence-corrected chi connectivity index (χ0v) is 12.9. The van der Waals surface area contributed by atoms with Gasteiger partial charge < -0.3 is 10.1 Å². The van der Waals surface area contributed by atoms with E-state index in [0.29, 0.717) is 17.9 Å². The summed E-state index contributed by atoms with van der Waals surface area (Å²) in [5.74, 6) is 0.00433. The van der Waals surface area contributed by atoms with Crippen LogP contribution < -0.4 is 5.32 Å². The molecule has 1 aromatic rings. The van der Waals surface area contributed by atoms with Gasteiger partial charge in [-0.2, -0.15) is 0 Å². The number of fused-ring (bicyclic) bond motifs is 1. The first-order chi connectivity index (χ1) is 9.97. The second-order valence-corrected chi connectivity index (χ2v) is 6.14. The average Bonchev–Trinajstić information content (AvgIpc) is 2.45. The third-order valence-electron chi connectivity index (χ3n) is 3.75. The molecule has 1 aliphatic rings. The summed E-state index contributed by atoms with van der Waals surface area (Å²) < 4.78 is 5.25. The van der Waals surface area contributed by atoms with Crippen molar-refractivity contribution in [1.29, 1.82) is 0 Å². The molecule has 0 fully saturated rings. The maximum Gasteiger partial charge on any atom is 0.339 e. The third kappa shape index (κ3) is 4.06. The molecule has 0 aliphatic carbocycles. The fraction of sp³-hybridized carbons (Fsp3) is 0.529. The monoisotopic (exact) mass is 289 g/mol. The van der Waals surface area contributed by atoms with E-state index in [-0.39, 0.29) is 11.9 Å². The molecular formula is C17H23NO3. The maximum atomic E-state index is 12.2. The quantitative estimate of drug-likeness (QED) is 0.848. The van der Waals surface area contributed by atoms with Crippen molar-refractivity contribution < 1.29 is 14.3 Å². The number of benzene rings is 1. The van der Waals surface area contributed by atoms with Gasteiger partial charge in [-0.1, -0.05) is 32.0 Å². The number of esters is 1. The Bertz CT molecular complexity index is 525. The minimum absolute atomic E-state index is 0.0933. The number of cyclic esters (lactones) is 1. The minimum atomic E-state index is -0.714. The van der Waals surface area contributed by atoms with Crippen LogP contribution in [0.15, 0.2) is 24.3 Å². The second kappa shape index (κ2) is 6.74. The van der Waals surface area contributed by atoms with Gasteiger partial charge in [-0.25, -0.2) is 4.79 Å². The molecular weight excluding hydrogens is 266 g/mol. The highest BCUT2D eigenvalue weighted by Gasteiger charge is 2.31. The molecule has 0 saturated carbocycles. The first-order valence-electron chi connectivity index (χ1n) is 7.56. The number of rotatable bonds is 5. The van der Waals surface area contributed by atoms with Crippen molar-refractivity contribution in [1.82, 2.24) is 5.32 Å². The fourth-order valence-electron chi connectivity index (χ4n) is 2.47. The molecule has 0 unspecified atom stereocenters. The topological polar surface area (TPSA) is 55.4 Å². The van der Waals surface area contributed by atoms with E-state index >= 15 is 0 Å². The number of hydrogen-bond acceptors (Lipinski definition) is 3. The van der Waals surface area contributed by atoms with Gasteiger partial charge in [-0.05, 0) is 37.3 Å². The van der Waals surface area contributed by atoms with Gasteiger partial charge in [0, 0.05) is 12.5 Å². The molecule has 1 N–H and O–H groups in total. The highest BCUT2D eigenvalue weighted by molar-refractivity contribution is 5.95. The lowest BCUT2D eigenvalue weighted by Crippen LogP contribution is -2.45. The van der Waals surface area contributed by atoms with E-state index in [4.69, 9.17) is 4.74 Å². The van der Waals surface area contributed by atoms with E-state index in [1.807, 2.05) is 19.1 Å². The second-order valence-electron chi connectivity index (χ2n) is 6.14. The molecule has 4 heteroatoms. The Labute approximate surface area is 125 Å². The van der Waals surface area contributed by atoms with Crippen LogP contribution in [0.5, 0.6) is 0 Å². The van der Waals surface area contributed by atoms with Crippen molar-refractivity contribution in [2.75, 3.05) is 0 Å². The van der Waals surface area contributed by atoms with Crippen LogP contribution in [-0.2, 0) is 16.0 Å². The number of nitrogens with one attached hydrogen (secondary N) is 1. The standard InChI is InChI=1S/C17H23NO3/c1-11(2)8-9-12(3)18-16(19)15-10-13-6-4-5-7-14(13)17(20)21-15/h4-7,11-12,15H,8-10H2,1-3H3,(H,18,19)/t12-,15-/m0/s1. The number of carbonyl (C=O) groups is 2. The normalized spacial score (nSPS) is 18.9. The number of hydrogen-bond donors (Lipinski definition) is 1. The van der Waals surface area contributed by atoms with Crippen LogP contribution in [0.1, 0.15) is 49.5 Å². The molecule has 1 aromatic carbocycles. The molecule has 114 valence electrons. The molecule has 0 aromatic heterocycles. The molecule has 4 nitrogen and oxygen atoms in total. The SMILES string of the molecule is CC(C)CC[C@H](C)NC(=O)[C@@H]1Cc2ccccc2C(=O)O1. The molecule has 21 heavy (non-hydrogen) atoms. The highest BCUT2D eigenvalue weighted by atomic mass is 16.5. The van der Waals surface area contributed by atoms with E-state index in [2.05, 4.69) is 19.2 Å². The molecule has 0 bridgehead atoms. The summed E-state index contributed by atoms with van der Waals surface area (Å²) in [5.41, 5.74) is 1.44. The van der Waals surface area contributed by atoms with Gasteiger partial charge in [0.25, 0.3) is 5.91 Å². The Balaban J connectivity index is 1.94. The smallest absolute Gasteiger partial charge is 0.339 e. The molecule has 1 heterocycles. The largest absolute Gasteiger partial charge is 0.448 e. The van der Waals surface area contributed by atoms with Crippen molar-refractivity contribution >= 4 is 11.9 Å². The minimum Gasteiger partial charge on any atom is -0.448 e. The zero-order chi connectivity index (χ0) is 15.4. The van der Waals surface area contributed by atoms with Crippen LogP contribution in [-0.4, -0.2) is 24.0 Å². The summed E-state index contributed by atoms with van der Waals surface area (Å²) in [6.45, 7) is 6.31. The first kappa shape index (κ1) is 15.5. The third-order valence-corrected chi connectivity index (χ3v) is 3.75. The van der Waals surface area contributed by atoms with E-state index in [1.54, 1.807) is 12.1 Å². The van der Waals surface area contributed by atoms with Crippen LogP contribution in [0.3, 0.4) is 0 Å². The summed E-state index contributed by atoms with van der Waals surface area (Å²) >= 11 is 0. The van der Waals surface area contributed by atoms with Crippen molar-refractivity contribution in [2.24, 2.45) is 5.92 Å². The molecule has 0 radical (unpaired) electrons. The van der Waals surface area contributed by atoms with Gasteiger partial charge in [0.1, 0.15) is 0 Å². The van der Waals surface area contributed by atoms with E-state index in [0.717, 1.165) is 18.4 Å². The van der Waals surface area contributed by atoms with Gasteiger partial charge in [0.2, 0.25) is 0 Å². The predicted molar refractivity (Wildman–Crippen MR) is 81.0 cm³/mol. The number of carbonyl (C=O) groups excluding carboxylic acids is 2. The lowest BCUT2D eigenvalue weighted by Gasteiger charge is -2.25. The molecule has 0 saturated heterocycles. The first-order valence-corrected chi connectivity index (χ1v) is 7.56. The summed E-state index contributed by atoms with van der Waals surface area (Å²) in [6.07, 6.45) is 1.73. The summed E-state index contributed by atoms with van der Waals surface area (Å²) in [7, 11) is 0. The average molecular weight is 289 g/mol. The number of ether oxygens (including phenoxy) is 1. The Kier molecular flexibility index (Phi) is 4.99. The summed E-state index contributed by atoms with van der Waals surface area (Å²) in [6, 6.07) is 7.37. The van der Waals surface area contributed by atoms with Crippen molar-refractivity contribution in [2.45, 2.75) is 52.2 Å². The molecule has 1 amide bonds.